The predicted molar refractivity (Wildman–Crippen MR) is 137 cm³/mol. The van der Waals surface area contributed by atoms with Gasteiger partial charge in [0, 0.05) is 17.0 Å². The van der Waals surface area contributed by atoms with Gasteiger partial charge in [0.15, 0.2) is 23.0 Å². The Morgan fingerprint density at radius 1 is 0.974 bits per heavy atom. The van der Waals surface area contributed by atoms with E-state index in [2.05, 4.69) is 10.1 Å². The van der Waals surface area contributed by atoms with Crippen molar-refractivity contribution in [1.82, 2.24) is 19.7 Å². The van der Waals surface area contributed by atoms with Gasteiger partial charge in [0.05, 0.1) is 57.5 Å². The van der Waals surface area contributed by atoms with Gasteiger partial charge >= 0.3 is 16.1 Å². The minimum absolute atomic E-state index is 0.0504. The molecule has 200 valence electrons. The number of ether oxygens (including phenoxy) is 4. The second kappa shape index (κ2) is 10.9. The van der Waals surface area contributed by atoms with E-state index in [1.165, 1.54) is 44.7 Å². The van der Waals surface area contributed by atoms with Gasteiger partial charge in [-0.2, -0.15) is 13.5 Å². The van der Waals surface area contributed by atoms with Crippen LogP contribution in [0.2, 0.25) is 0 Å². The SMILES string of the molecule is CCOC(=O)c1c(Cn2cncn2)nc2cc(OC)c(OC)cc2c1-c1ccc(OC)c(OS(C)(=O)=O)c1. The Bertz CT molecular complexity index is 1590. The first-order valence-corrected chi connectivity index (χ1v) is 13.2. The second-order valence-corrected chi connectivity index (χ2v) is 9.57. The molecule has 0 saturated carbocycles. The van der Waals surface area contributed by atoms with E-state index in [9.17, 15) is 13.2 Å². The van der Waals surface area contributed by atoms with E-state index >= 15 is 0 Å². The number of aromatic nitrogens is 4. The van der Waals surface area contributed by atoms with E-state index in [4.69, 9.17) is 28.1 Å². The Kier molecular flexibility index (Phi) is 7.67. The maximum absolute atomic E-state index is 13.4. The molecule has 0 unspecified atom stereocenters. The van der Waals surface area contributed by atoms with Gasteiger partial charge in [-0.3, -0.25) is 0 Å². The van der Waals surface area contributed by atoms with Crippen LogP contribution in [0.15, 0.2) is 43.0 Å². The van der Waals surface area contributed by atoms with Crippen molar-refractivity contribution in [2.45, 2.75) is 13.5 Å². The number of esters is 1. The van der Waals surface area contributed by atoms with Gasteiger partial charge < -0.3 is 23.1 Å². The first-order valence-electron chi connectivity index (χ1n) is 11.3. The highest BCUT2D eigenvalue weighted by Crippen LogP contribution is 2.42. The van der Waals surface area contributed by atoms with E-state index < -0.39 is 16.1 Å². The summed E-state index contributed by atoms with van der Waals surface area (Å²) in [7, 11) is 0.505. The molecule has 2 aromatic carbocycles. The van der Waals surface area contributed by atoms with Crippen molar-refractivity contribution in [2.75, 3.05) is 34.2 Å². The highest BCUT2D eigenvalue weighted by atomic mass is 32.2. The van der Waals surface area contributed by atoms with Crippen LogP contribution in [0, 0.1) is 0 Å². The lowest BCUT2D eigenvalue weighted by molar-refractivity contribution is 0.0525. The van der Waals surface area contributed by atoms with Gasteiger partial charge in [-0.05, 0) is 30.7 Å². The van der Waals surface area contributed by atoms with Crippen molar-refractivity contribution >= 4 is 27.0 Å². The number of nitrogens with zero attached hydrogens (tertiary/aromatic N) is 4. The van der Waals surface area contributed by atoms with E-state index in [1.807, 2.05) is 0 Å². The molecule has 2 aromatic heterocycles. The average Bonchev–Trinajstić information content (AvgIpc) is 3.39. The summed E-state index contributed by atoms with van der Waals surface area (Å²) in [6.07, 6.45) is 3.80. The predicted octanol–water partition coefficient (Wildman–Crippen LogP) is 3.08. The Morgan fingerprint density at radius 2 is 1.68 bits per heavy atom. The van der Waals surface area contributed by atoms with Gasteiger partial charge in [0.25, 0.3) is 0 Å². The molecule has 0 N–H and O–H groups in total. The Balaban J connectivity index is 2.12. The third-order valence-corrected chi connectivity index (χ3v) is 6.00. The standard InChI is InChI=1S/C25H26N4O8S/c1-6-36-25(30)24-18(12-29-14-26-13-27-29)28-17-11-21(35-4)20(34-3)10-16(17)23(24)15-7-8-19(33-2)22(9-15)37-38(5,31)32/h7-11,13-14H,6,12H2,1-5H3. The largest absolute Gasteiger partial charge is 0.493 e. The number of hydrogen-bond donors (Lipinski definition) is 0. The molecule has 4 aromatic rings. The molecule has 13 heteroatoms. The molecule has 12 nitrogen and oxygen atoms in total. The molecule has 0 aliphatic carbocycles. The quantitative estimate of drug-likeness (QED) is 0.216. The smallest absolute Gasteiger partial charge is 0.340 e. The molecule has 0 bridgehead atoms. The zero-order valence-electron chi connectivity index (χ0n) is 21.4. The number of hydrogen-bond acceptors (Lipinski definition) is 11. The van der Waals surface area contributed by atoms with Crippen LogP contribution in [0.3, 0.4) is 0 Å². The van der Waals surface area contributed by atoms with Gasteiger partial charge in [0.2, 0.25) is 0 Å². The molecule has 0 saturated heterocycles. The lowest BCUT2D eigenvalue weighted by atomic mass is 9.93. The Morgan fingerprint density at radius 3 is 2.29 bits per heavy atom. The summed E-state index contributed by atoms with van der Waals surface area (Å²) in [5, 5.41) is 4.68. The van der Waals surface area contributed by atoms with Crippen molar-refractivity contribution < 1.29 is 36.3 Å². The van der Waals surface area contributed by atoms with Crippen molar-refractivity contribution in [1.29, 1.82) is 0 Å². The van der Waals surface area contributed by atoms with Gasteiger partial charge in [-0.15, -0.1) is 0 Å². The molecule has 0 spiro atoms. The molecule has 0 radical (unpaired) electrons. The van der Waals surface area contributed by atoms with Crippen LogP contribution in [-0.4, -0.2) is 68.3 Å². The maximum atomic E-state index is 13.4. The van der Waals surface area contributed by atoms with E-state index in [-0.39, 0.29) is 30.2 Å². The lowest BCUT2D eigenvalue weighted by Crippen LogP contribution is -2.15. The summed E-state index contributed by atoms with van der Waals surface area (Å²) in [6.45, 7) is 1.92. The molecule has 0 amide bonds. The van der Waals surface area contributed by atoms with Crippen molar-refractivity contribution in [2.24, 2.45) is 0 Å². The Labute approximate surface area is 219 Å². The molecule has 0 fully saturated rings. The number of methoxy groups -OCH3 is 3. The van der Waals surface area contributed by atoms with Crippen molar-refractivity contribution in [3.8, 4) is 34.1 Å². The summed E-state index contributed by atoms with van der Waals surface area (Å²) < 4.78 is 52.3. The third kappa shape index (κ3) is 5.47. The van der Waals surface area contributed by atoms with Crippen molar-refractivity contribution in [3.63, 3.8) is 0 Å². The number of fused-ring (bicyclic) bond motifs is 1. The van der Waals surface area contributed by atoms with Crippen LogP contribution in [0.1, 0.15) is 23.0 Å². The second-order valence-electron chi connectivity index (χ2n) is 8.00. The molecular weight excluding hydrogens is 516 g/mol. The summed E-state index contributed by atoms with van der Waals surface area (Å²) in [4.78, 5) is 22.2. The van der Waals surface area contributed by atoms with Crippen LogP contribution in [0.4, 0.5) is 0 Å². The summed E-state index contributed by atoms with van der Waals surface area (Å²) in [5.41, 5.74) is 1.88. The number of pyridine rings is 1. The van der Waals surface area contributed by atoms with Gasteiger partial charge in [0.1, 0.15) is 12.7 Å². The molecule has 0 aliphatic heterocycles. The number of rotatable bonds is 10. The lowest BCUT2D eigenvalue weighted by Gasteiger charge is -2.19. The van der Waals surface area contributed by atoms with Crippen LogP contribution < -0.4 is 18.4 Å². The minimum Gasteiger partial charge on any atom is -0.493 e. The minimum atomic E-state index is -3.89. The monoisotopic (exact) mass is 542 g/mol. The molecule has 0 atom stereocenters. The number of carbonyl (C=O) groups excluding carboxylic acids is 1. The first-order chi connectivity index (χ1) is 18.2. The van der Waals surface area contributed by atoms with Crippen LogP contribution in [0.5, 0.6) is 23.0 Å². The average molecular weight is 543 g/mol. The van der Waals surface area contributed by atoms with Crippen LogP contribution in [-0.2, 0) is 21.4 Å². The topological polar surface area (TPSA) is 141 Å². The maximum Gasteiger partial charge on any atom is 0.340 e. The molecule has 2 heterocycles. The van der Waals surface area contributed by atoms with Gasteiger partial charge in [-0.25, -0.2) is 19.4 Å². The fourth-order valence-corrected chi connectivity index (χ4v) is 4.46. The van der Waals surface area contributed by atoms with E-state index in [1.54, 1.807) is 31.2 Å². The molecular formula is C25H26N4O8S. The number of benzene rings is 2. The highest BCUT2D eigenvalue weighted by molar-refractivity contribution is 7.86. The highest BCUT2D eigenvalue weighted by Gasteiger charge is 2.26. The fraction of sp³-hybridized carbons (Fsp3) is 0.280. The number of carbonyl (C=O) groups is 1. The summed E-state index contributed by atoms with van der Waals surface area (Å²) in [6, 6.07) is 8.10. The fourth-order valence-electron chi connectivity index (χ4n) is 4.01. The van der Waals surface area contributed by atoms with Gasteiger partial charge in [-0.1, -0.05) is 6.07 Å². The summed E-state index contributed by atoms with van der Waals surface area (Å²) in [5.74, 6) is 0.360. The third-order valence-electron chi connectivity index (χ3n) is 5.52. The summed E-state index contributed by atoms with van der Waals surface area (Å²) >= 11 is 0. The van der Waals surface area contributed by atoms with Crippen LogP contribution >= 0.6 is 0 Å². The Hall–Kier alpha value is -4.39. The zero-order chi connectivity index (χ0) is 27.4. The van der Waals surface area contributed by atoms with E-state index in [0.717, 1.165) is 6.26 Å². The zero-order valence-corrected chi connectivity index (χ0v) is 22.2. The van der Waals surface area contributed by atoms with Crippen molar-refractivity contribution in [3.05, 3.63) is 54.2 Å². The normalized spacial score (nSPS) is 11.3. The van der Waals surface area contributed by atoms with E-state index in [0.29, 0.717) is 39.2 Å². The first kappa shape index (κ1) is 26.7. The molecule has 4 rings (SSSR count). The molecule has 38 heavy (non-hydrogen) atoms. The van der Waals surface area contributed by atoms with Crippen LogP contribution in [0.25, 0.3) is 22.0 Å². The molecule has 0 aliphatic rings.